The van der Waals surface area contributed by atoms with Gasteiger partial charge in [-0.05, 0) is 23.6 Å². The molecule has 0 aliphatic heterocycles. The fourth-order valence-electron chi connectivity index (χ4n) is 3.12. The lowest BCUT2D eigenvalue weighted by Gasteiger charge is -2.06. The van der Waals surface area contributed by atoms with E-state index in [0.717, 1.165) is 16.5 Å². The molecule has 0 saturated heterocycles. The Morgan fingerprint density at radius 1 is 0.967 bits per heavy atom. The summed E-state index contributed by atoms with van der Waals surface area (Å²) in [6, 6.07) is 20.9. The average molecular weight is 397 g/mol. The van der Waals surface area contributed by atoms with Crippen LogP contribution < -0.4 is 15.6 Å². The number of benzene rings is 3. The van der Waals surface area contributed by atoms with Gasteiger partial charge in [0.05, 0.1) is 23.8 Å². The van der Waals surface area contributed by atoms with Crippen molar-refractivity contribution < 1.29 is 9.53 Å². The lowest BCUT2D eigenvalue weighted by atomic mass is 10.1. The summed E-state index contributed by atoms with van der Waals surface area (Å²) in [4.78, 5) is 28.7. The van der Waals surface area contributed by atoms with E-state index in [-0.39, 0.29) is 31.2 Å². The minimum absolute atomic E-state index is 0.106. The van der Waals surface area contributed by atoms with Crippen LogP contribution >= 0.6 is 0 Å². The molecule has 1 amide bonds. The Morgan fingerprint density at radius 2 is 1.73 bits per heavy atom. The number of aromatic nitrogens is 2. The molecule has 4 aromatic rings. The normalized spacial score (nSPS) is 10.4. The van der Waals surface area contributed by atoms with E-state index in [1.54, 1.807) is 18.2 Å². The Bertz CT molecular complexity index is 1330. The minimum atomic E-state index is -0.307. The van der Waals surface area contributed by atoms with E-state index in [9.17, 15) is 9.59 Å². The van der Waals surface area contributed by atoms with Crippen LogP contribution in [0.3, 0.4) is 0 Å². The van der Waals surface area contributed by atoms with Crippen LogP contribution in [0, 0.1) is 11.8 Å². The van der Waals surface area contributed by atoms with E-state index in [1.165, 1.54) is 10.9 Å². The number of carbonyl (C=O) groups excluding carboxylic acids is 1. The molecule has 1 N–H and O–H groups in total. The molecule has 6 heteroatoms. The summed E-state index contributed by atoms with van der Waals surface area (Å²) in [5, 5.41) is 5.30. The molecule has 0 bridgehead atoms. The smallest absolute Gasteiger partial charge is 0.261 e. The molecular weight excluding hydrogens is 378 g/mol. The van der Waals surface area contributed by atoms with E-state index in [2.05, 4.69) is 22.1 Å². The third kappa shape index (κ3) is 4.31. The summed E-state index contributed by atoms with van der Waals surface area (Å²) in [5.74, 6) is 6.21. The van der Waals surface area contributed by atoms with Crippen molar-refractivity contribution in [3.8, 4) is 17.6 Å². The Labute approximate surface area is 173 Å². The fraction of sp³-hybridized carbons (Fsp3) is 0.125. The molecule has 4 rings (SSSR count). The Kier molecular flexibility index (Phi) is 5.72. The van der Waals surface area contributed by atoms with Crippen molar-refractivity contribution in [3.05, 3.63) is 83.4 Å². The molecule has 0 fully saturated rings. The van der Waals surface area contributed by atoms with E-state index in [1.807, 2.05) is 48.5 Å². The molecule has 0 unspecified atom stereocenters. The summed E-state index contributed by atoms with van der Waals surface area (Å²) in [7, 11) is 0. The topological polar surface area (TPSA) is 73.2 Å². The highest BCUT2D eigenvalue weighted by Gasteiger charge is 2.07. The second kappa shape index (κ2) is 8.93. The van der Waals surface area contributed by atoms with Gasteiger partial charge in [0.25, 0.3) is 5.56 Å². The maximum atomic E-state index is 12.4. The second-order valence-corrected chi connectivity index (χ2v) is 6.59. The van der Waals surface area contributed by atoms with Gasteiger partial charge in [-0.2, -0.15) is 0 Å². The van der Waals surface area contributed by atoms with Crippen LogP contribution in [0.1, 0.15) is 0 Å². The molecule has 0 radical (unpaired) electrons. The van der Waals surface area contributed by atoms with Crippen LogP contribution in [-0.2, 0) is 11.3 Å². The summed E-state index contributed by atoms with van der Waals surface area (Å²) in [5.41, 5.74) is 0.363. The third-order valence-corrected chi connectivity index (χ3v) is 4.59. The number of nitrogens with one attached hydrogen (secondary N) is 1. The van der Waals surface area contributed by atoms with Crippen LogP contribution in [-0.4, -0.2) is 28.6 Å². The highest BCUT2D eigenvalue weighted by Crippen LogP contribution is 2.24. The molecule has 148 valence electrons. The summed E-state index contributed by atoms with van der Waals surface area (Å²) < 4.78 is 7.03. The predicted octanol–water partition coefficient (Wildman–Crippen LogP) is 2.75. The summed E-state index contributed by atoms with van der Waals surface area (Å²) >= 11 is 0. The first-order valence-electron chi connectivity index (χ1n) is 9.49. The van der Waals surface area contributed by atoms with Gasteiger partial charge < -0.3 is 10.1 Å². The van der Waals surface area contributed by atoms with Crippen molar-refractivity contribution >= 4 is 27.6 Å². The van der Waals surface area contributed by atoms with Gasteiger partial charge in [0, 0.05) is 5.39 Å². The molecule has 1 aromatic heterocycles. The quantitative estimate of drug-likeness (QED) is 0.526. The molecule has 0 aliphatic carbocycles. The van der Waals surface area contributed by atoms with Crippen molar-refractivity contribution in [2.45, 2.75) is 6.54 Å². The third-order valence-electron chi connectivity index (χ3n) is 4.59. The van der Waals surface area contributed by atoms with Gasteiger partial charge in [0.2, 0.25) is 5.91 Å². The number of carbonyl (C=O) groups is 1. The zero-order valence-corrected chi connectivity index (χ0v) is 16.2. The van der Waals surface area contributed by atoms with E-state index in [4.69, 9.17) is 4.74 Å². The van der Waals surface area contributed by atoms with E-state index >= 15 is 0 Å². The molecule has 3 aromatic carbocycles. The van der Waals surface area contributed by atoms with Crippen LogP contribution in [0.25, 0.3) is 21.7 Å². The average Bonchev–Trinajstić information content (AvgIpc) is 2.78. The summed E-state index contributed by atoms with van der Waals surface area (Å²) in [6.45, 7) is 0.288. The number of para-hydroxylation sites is 1. The number of hydrogen-bond acceptors (Lipinski definition) is 4. The van der Waals surface area contributed by atoms with Crippen LogP contribution in [0.15, 0.2) is 77.9 Å². The molecular formula is C24H19N3O3. The number of rotatable bonds is 5. The largest absolute Gasteiger partial charge is 0.480 e. The van der Waals surface area contributed by atoms with Gasteiger partial charge in [-0.3, -0.25) is 14.2 Å². The highest BCUT2D eigenvalue weighted by atomic mass is 16.5. The SMILES string of the molecule is O=C(Cn1cnc2ccccc2c1=O)NCC#CCOc1cccc2ccccc12. The lowest BCUT2D eigenvalue weighted by Crippen LogP contribution is -2.32. The van der Waals surface area contributed by atoms with E-state index in [0.29, 0.717) is 10.9 Å². The predicted molar refractivity (Wildman–Crippen MR) is 116 cm³/mol. The molecule has 1 heterocycles. The summed E-state index contributed by atoms with van der Waals surface area (Å²) in [6.07, 6.45) is 1.38. The van der Waals surface area contributed by atoms with Crippen molar-refractivity contribution in [2.75, 3.05) is 13.2 Å². The van der Waals surface area contributed by atoms with Crippen LogP contribution in [0.5, 0.6) is 5.75 Å². The first-order valence-corrected chi connectivity index (χ1v) is 9.49. The molecule has 6 nitrogen and oxygen atoms in total. The first-order chi connectivity index (χ1) is 14.7. The number of amides is 1. The monoisotopic (exact) mass is 397 g/mol. The number of hydrogen-bond donors (Lipinski definition) is 1. The first kappa shape index (κ1) is 19.2. The van der Waals surface area contributed by atoms with Crippen LogP contribution in [0.4, 0.5) is 0 Å². The number of ether oxygens (including phenoxy) is 1. The molecule has 0 saturated carbocycles. The van der Waals surface area contributed by atoms with Crippen molar-refractivity contribution in [2.24, 2.45) is 0 Å². The van der Waals surface area contributed by atoms with Gasteiger partial charge in [0.15, 0.2) is 0 Å². The van der Waals surface area contributed by atoms with Crippen LogP contribution in [0.2, 0.25) is 0 Å². The van der Waals surface area contributed by atoms with Crippen molar-refractivity contribution in [1.82, 2.24) is 14.9 Å². The standard InChI is InChI=1S/C24H19N3O3/c28-23(16-27-17-26-21-12-4-3-11-20(21)24(27)29)25-14-5-6-15-30-22-13-7-9-18-8-1-2-10-19(18)22/h1-4,7-13,17H,14-16H2,(H,25,28). The van der Waals surface area contributed by atoms with Gasteiger partial charge in [-0.25, -0.2) is 4.98 Å². The van der Waals surface area contributed by atoms with Gasteiger partial charge >= 0.3 is 0 Å². The van der Waals surface area contributed by atoms with Gasteiger partial charge in [0.1, 0.15) is 18.9 Å². The molecule has 30 heavy (non-hydrogen) atoms. The van der Waals surface area contributed by atoms with Gasteiger partial charge in [-0.15, -0.1) is 0 Å². The molecule has 0 spiro atoms. The number of fused-ring (bicyclic) bond motifs is 2. The molecule has 0 aliphatic rings. The second-order valence-electron chi connectivity index (χ2n) is 6.59. The maximum absolute atomic E-state index is 12.4. The Morgan fingerprint density at radius 3 is 2.63 bits per heavy atom. The number of nitrogens with zero attached hydrogens (tertiary/aromatic N) is 2. The highest BCUT2D eigenvalue weighted by molar-refractivity contribution is 5.88. The van der Waals surface area contributed by atoms with Crippen molar-refractivity contribution in [3.63, 3.8) is 0 Å². The zero-order valence-electron chi connectivity index (χ0n) is 16.2. The lowest BCUT2D eigenvalue weighted by molar-refractivity contribution is -0.121. The fourth-order valence-corrected chi connectivity index (χ4v) is 3.12. The Balaban J connectivity index is 1.29. The maximum Gasteiger partial charge on any atom is 0.261 e. The minimum Gasteiger partial charge on any atom is -0.480 e. The van der Waals surface area contributed by atoms with E-state index < -0.39 is 0 Å². The molecule has 0 atom stereocenters. The van der Waals surface area contributed by atoms with Gasteiger partial charge in [-0.1, -0.05) is 60.4 Å². The Hall–Kier alpha value is -4.11. The zero-order chi connectivity index (χ0) is 20.8. The van der Waals surface area contributed by atoms with Crippen molar-refractivity contribution in [1.29, 1.82) is 0 Å².